The highest BCUT2D eigenvalue weighted by Gasteiger charge is 2.17. The van der Waals surface area contributed by atoms with Gasteiger partial charge in [-0.25, -0.2) is 4.98 Å². The Morgan fingerprint density at radius 3 is 2.48 bits per heavy atom. The lowest BCUT2D eigenvalue weighted by Gasteiger charge is -2.13. The summed E-state index contributed by atoms with van der Waals surface area (Å²) in [5.74, 6) is 0.611. The molecule has 0 saturated carbocycles. The number of para-hydroxylation sites is 1. The van der Waals surface area contributed by atoms with Crippen molar-refractivity contribution in [2.45, 2.75) is 0 Å². The molecule has 1 amide bonds. The lowest BCUT2D eigenvalue weighted by atomic mass is 10.1. The molecule has 0 bridgehead atoms. The molecule has 0 atom stereocenters. The Kier molecular flexibility index (Phi) is 6.21. The molecule has 1 heterocycles. The van der Waals surface area contributed by atoms with Crippen LogP contribution in [0.3, 0.4) is 0 Å². The zero-order chi connectivity index (χ0) is 21.8. The molecule has 0 aliphatic heterocycles. The fraction of sp³-hybridized carbons (Fsp3) is 0.0833. The number of benzene rings is 3. The molecular formula is C24H19ClN2O3S. The summed E-state index contributed by atoms with van der Waals surface area (Å²) in [6.45, 7) is 0. The molecule has 1 aromatic heterocycles. The normalized spacial score (nSPS) is 10.5. The molecule has 0 spiro atoms. The standard InChI is InChI=1S/C24H19ClN2O3S/c1-29-21-8-4-7-19(22(21)30-2)23(28)26-18-6-3-5-16(13-18)20-14-31-24(27-20)15-9-11-17(25)12-10-15/h3-14H,1-2H3,(H,26,28). The molecule has 0 fully saturated rings. The number of hydrogen-bond donors (Lipinski definition) is 1. The van der Waals surface area contributed by atoms with E-state index < -0.39 is 0 Å². The number of carbonyl (C=O) groups is 1. The first-order valence-corrected chi connectivity index (χ1v) is 10.7. The average Bonchev–Trinajstić information content (AvgIpc) is 3.29. The minimum absolute atomic E-state index is 0.284. The van der Waals surface area contributed by atoms with Crippen LogP contribution in [0.2, 0.25) is 5.02 Å². The molecule has 3 aromatic carbocycles. The van der Waals surface area contributed by atoms with Gasteiger partial charge in [-0.2, -0.15) is 0 Å². The van der Waals surface area contributed by atoms with Gasteiger partial charge in [-0.15, -0.1) is 11.3 Å². The molecule has 0 radical (unpaired) electrons. The van der Waals surface area contributed by atoms with Crippen molar-refractivity contribution in [1.82, 2.24) is 4.98 Å². The number of ether oxygens (including phenoxy) is 2. The summed E-state index contributed by atoms with van der Waals surface area (Å²) in [7, 11) is 3.05. The topological polar surface area (TPSA) is 60.5 Å². The second-order valence-corrected chi connectivity index (χ2v) is 7.92. The summed E-state index contributed by atoms with van der Waals surface area (Å²) in [4.78, 5) is 17.6. The first-order valence-electron chi connectivity index (χ1n) is 9.43. The summed E-state index contributed by atoms with van der Waals surface area (Å²) < 4.78 is 10.6. The summed E-state index contributed by atoms with van der Waals surface area (Å²) in [5, 5.41) is 6.52. The van der Waals surface area contributed by atoms with E-state index in [-0.39, 0.29) is 5.91 Å². The lowest BCUT2D eigenvalue weighted by molar-refractivity contribution is 0.102. The van der Waals surface area contributed by atoms with Crippen molar-refractivity contribution >= 4 is 34.5 Å². The van der Waals surface area contributed by atoms with Crippen molar-refractivity contribution < 1.29 is 14.3 Å². The van der Waals surface area contributed by atoms with Gasteiger partial charge in [0, 0.05) is 27.2 Å². The van der Waals surface area contributed by atoms with Crippen LogP contribution < -0.4 is 14.8 Å². The predicted molar refractivity (Wildman–Crippen MR) is 125 cm³/mol. The van der Waals surface area contributed by atoms with Crippen LogP contribution in [0.25, 0.3) is 21.8 Å². The van der Waals surface area contributed by atoms with E-state index in [9.17, 15) is 4.79 Å². The van der Waals surface area contributed by atoms with E-state index in [0.29, 0.717) is 27.8 Å². The molecule has 4 rings (SSSR count). The van der Waals surface area contributed by atoms with Crippen molar-refractivity contribution in [2.24, 2.45) is 0 Å². The molecule has 7 heteroatoms. The second kappa shape index (κ2) is 9.20. The average molecular weight is 451 g/mol. The number of methoxy groups -OCH3 is 2. The number of nitrogens with zero attached hydrogens (tertiary/aromatic N) is 1. The van der Waals surface area contributed by atoms with Crippen molar-refractivity contribution in [1.29, 1.82) is 0 Å². The number of amides is 1. The molecule has 4 aromatic rings. The van der Waals surface area contributed by atoms with E-state index in [1.54, 1.807) is 29.5 Å². The van der Waals surface area contributed by atoms with Crippen molar-refractivity contribution in [2.75, 3.05) is 19.5 Å². The minimum atomic E-state index is -0.284. The largest absolute Gasteiger partial charge is 0.493 e. The Hall–Kier alpha value is -3.35. The molecule has 0 aliphatic rings. The minimum Gasteiger partial charge on any atom is -0.493 e. The zero-order valence-corrected chi connectivity index (χ0v) is 18.5. The van der Waals surface area contributed by atoms with Gasteiger partial charge in [-0.3, -0.25) is 4.79 Å². The number of carbonyl (C=O) groups excluding carboxylic acids is 1. The van der Waals surface area contributed by atoms with Crippen LogP contribution in [0.1, 0.15) is 10.4 Å². The monoisotopic (exact) mass is 450 g/mol. The maximum Gasteiger partial charge on any atom is 0.259 e. The summed E-state index contributed by atoms with van der Waals surface area (Å²) in [6.07, 6.45) is 0. The van der Waals surface area contributed by atoms with Gasteiger partial charge in [0.2, 0.25) is 0 Å². The smallest absolute Gasteiger partial charge is 0.259 e. The predicted octanol–water partition coefficient (Wildman–Crippen LogP) is 6.40. The third-order valence-corrected chi connectivity index (χ3v) is 5.80. The Morgan fingerprint density at radius 2 is 1.74 bits per heavy atom. The Morgan fingerprint density at radius 1 is 0.968 bits per heavy atom. The van der Waals surface area contributed by atoms with E-state index in [1.165, 1.54) is 14.2 Å². The van der Waals surface area contributed by atoms with Gasteiger partial charge in [0.15, 0.2) is 11.5 Å². The number of aromatic nitrogens is 1. The molecule has 0 aliphatic carbocycles. The van der Waals surface area contributed by atoms with Gasteiger partial charge in [-0.05, 0) is 36.4 Å². The highest BCUT2D eigenvalue weighted by Crippen LogP contribution is 2.33. The highest BCUT2D eigenvalue weighted by molar-refractivity contribution is 7.13. The van der Waals surface area contributed by atoms with E-state index in [2.05, 4.69) is 5.32 Å². The number of nitrogens with one attached hydrogen (secondary N) is 1. The highest BCUT2D eigenvalue weighted by atomic mass is 35.5. The molecule has 31 heavy (non-hydrogen) atoms. The van der Waals surface area contributed by atoms with Gasteiger partial charge in [0.05, 0.1) is 25.5 Å². The first-order chi connectivity index (χ1) is 15.1. The molecular weight excluding hydrogens is 432 g/mol. The maximum atomic E-state index is 12.9. The number of thiazole rings is 1. The van der Waals surface area contributed by atoms with Crippen LogP contribution in [-0.4, -0.2) is 25.1 Å². The Bertz CT molecular complexity index is 1220. The second-order valence-electron chi connectivity index (χ2n) is 6.62. The van der Waals surface area contributed by atoms with Crippen molar-refractivity contribution in [3.05, 3.63) is 82.7 Å². The van der Waals surface area contributed by atoms with Gasteiger partial charge in [-0.1, -0.05) is 41.9 Å². The van der Waals surface area contributed by atoms with Crippen LogP contribution in [0.15, 0.2) is 72.1 Å². The van der Waals surface area contributed by atoms with Crippen LogP contribution in [0.4, 0.5) is 5.69 Å². The van der Waals surface area contributed by atoms with Gasteiger partial charge >= 0.3 is 0 Å². The van der Waals surface area contributed by atoms with Gasteiger partial charge in [0.25, 0.3) is 5.91 Å². The van der Waals surface area contributed by atoms with Gasteiger partial charge in [0.1, 0.15) is 5.01 Å². The SMILES string of the molecule is COc1cccc(C(=O)Nc2cccc(-c3csc(-c4ccc(Cl)cc4)n3)c2)c1OC. The van der Waals surface area contributed by atoms with Crippen molar-refractivity contribution in [3.8, 4) is 33.3 Å². The van der Waals surface area contributed by atoms with E-state index in [4.69, 9.17) is 26.1 Å². The fourth-order valence-corrected chi connectivity index (χ4v) is 4.11. The Balaban J connectivity index is 1.57. The summed E-state index contributed by atoms with van der Waals surface area (Å²) >= 11 is 7.53. The van der Waals surface area contributed by atoms with E-state index in [0.717, 1.165) is 21.8 Å². The molecule has 1 N–H and O–H groups in total. The number of anilines is 1. The zero-order valence-electron chi connectivity index (χ0n) is 16.9. The molecule has 0 saturated heterocycles. The maximum absolute atomic E-state index is 12.9. The lowest BCUT2D eigenvalue weighted by Crippen LogP contribution is -2.13. The summed E-state index contributed by atoms with van der Waals surface area (Å²) in [5.41, 5.74) is 3.81. The van der Waals surface area contributed by atoms with Crippen LogP contribution in [0.5, 0.6) is 11.5 Å². The Labute approximate surface area is 189 Å². The third kappa shape index (κ3) is 4.55. The van der Waals surface area contributed by atoms with E-state index >= 15 is 0 Å². The quantitative estimate of drug-likeness (QED) is 0.369. The van der Waals surface area contributed by atoms with Gasteiger partial charge < -0.3 is 14.8 Å². The van der Waals surface area contributed by atoms with Crippen LogP contribution in [0, 0.1) is 0 Å². The third-order valence-electron chi connectivity index (χ3n) is 4.66. The number of halogens is 1. The molecule has 5 nitrogen and oxygen atoms in total. The van der Waals surface area contributed by atoms with Crippen LogP contribution >= 0.6 is 22.9 Å². The molecule has 0 unspecified atom stereocenters. The molecule has 156 valence electrons. The first kappa shape index (κ1) is 20.9. The fourth-order valence-electron chi connectivity index (χ4n) is 3.15. The number of rotatable bonds is 6. The number of hydrogen-bond acceptors (Lipinski definition) is 5. The van der Waals surface area contributed by atoms with Crippen LogP contribution in [-0.2, 0) is 0 Å². The van der Waals surface area contributed by atoms with Crippen molar-refractivity contribution in [3.63, 3.8) is 0 Å². The summed E-state index contributed by atoms with van der Waals surface area (Å²) in [6, 6.07) is 20.4. The van der Waals surface area contributed by atoms with E-state index in [1.807, 2.05) is 53.9 Å².